The summed E-state index contributed by atoms with van der Waals surface area (Å²) in [7, 11) is 3.53. The Kier molecular flexibility index (Phi) is 3.57. The molecular formula is C11H20N2O3. The van der Waals surface area contributed by atoms with Gasteiger partial charge in [0.2, 0.25) is 5.91 Å². The fourth-order valence-electron chi connectivity index (χ4n) is 1.83. The molecule has 1 atom stereocenters. The van der Waals surface area contributed by atoms with Crippen LogP contribution in [-0.4, -0.2) is 59.5 Å². The van der Waals surface area contributed by atoms with Gasteiger partial charge in [-0.3, -0.25) is 4.79 Å². The predicted molar refractivity (Wildman–Crippen MR) is 60.1 cm³/mol. The van der Waals surface area contributed by atoms with Gasteiger partial charge in [-0.05, 0) is 33.9 Å². The summed E-state index contributed by atoms with van der Waals surface area (Å²) in [5.41, 5.74) is -1.14. The van der Waals surface area contributed by atoms with Gasteiger partial charge >= 0.3 is 5.97 Å². The van der Waals surface area contributed by atoms with Crippen molar-refractivity contribution in [2.24, 2.45) is 5.92 Å². The summed E-state index contributed by atoms with van der Waals surface area (Å²) in [6, 6.07) is 0. The average Bonchev–Trinajstić information content (AvgIpc) is 2.62. The molecule has 0 bridgehead atoms. The lowest BCUT2D eigenvalue weighted by molar-refractivity contribution is -0.156. The summed E-state index contributed by atoms with van der Waals surface area (Å²) in [6.45, 7) is 4.72. The van der Waals surface area contributed by atoms with Crippen molar-refractivity contribution >= 4 is 11.9 Å². The average molecular weight is 228 g/mol. The van der Waals surface area contributed by atoms with E-state index in [1.165, 1.54) is 4.90 Å². The van der Waals surface area contributed by atoms with E-state index >= 15 is 0 Å². The molecule has 1 amide bonds. The first-order valence-corrected chi connectivity index (χ1v) is 5.46. The van der Waals surface area contributed by atoms with Crippen LogP contribution in [0.15, 0.2) is 0 Å². The van der Waals surface area contributed by atoms with Gasteiger partial charge in [0.25, 0.3) is 0 Å². The molecule has 0 spiro atoms. The number of hydrogen-bond donors (Lipinski definition) is 1. The minimum Gasteiger partial charge on any atom is -0.480 e. The summed E-state index contributed by atoms with van der Waals surface area (Å²) in [4.78, 5) is 26.6. The first kappa shape index (κ1) is 13.0. The number of rotatable bonds is 3. The molecule has 0 saturated carbocycles. The van der Waals surface area contributed by atoms with Crippen molar-refractivity contribution in [1.29, 1.82) is 0 Å². The van der Waals surface area contributed by atoms with Gasteiger partial charge in [-0.15, -0.1) is 0 Å². The van der Waals surface area contributed by atoms with E-state index < -0.39 is 11.5 Å². The van der Waals surface area contributed by atoms with Crippen LogP contribution in [-0.2, 0) is 9.59 Å². The van der Waals surface area contributed by atoms with Crippen LogP contribution in [0, 0.1) is 5.92 Å². The van der Waals surface area contributed by atoms with Crippen LogP contribution in [0.25, 0.3) is 0 Å². The number of likely N-dealkylation sites (tertiary alicyclic amines) is 1. The molecule has 0 aromatic heterocycles. The molecule has 1 aliphatic rings. The van der Waals surface area contributed by atoms with E-state index in [-0.39, 0.29) is 11.8 Å². The zero-order valence-electron chi connectivity index (χ0n) is 10.4. The maximum Gasteiger partial charge on any atom is 0.329 e. The third kappa shape index (κ3) is 2.35. The number of carboxylic acid groups (broad SMARTS) is 1. The maximum atomic E-state index is 12.1. The second kappa shape index (κ2) is 4.41. The summed E-state index contributed by atoms with van der Waals surface area (Å²) in [5, 5.41) is 9.05. The second-order valence-corrected chi connectivity index (χ2v) is 5.01. The number of carbonyl (C=O) groups is 2. The number of hydrogen-bond acceptors (Lipinski definition) is 3. The Balaban J connectivity index is 2.71. The quantitative estimate of drug-likeness (QED) is 0.752. The Labute approximate surface area is 96.0 Å². The molecule has 1 unspecified atom stereocenters. The zero-order valence-corrected chi connectivity index (χ0v) is 10.4. The van der Waals surface area contributed by atoms with E-state index in [2.05, 4.69) is 4.90 Å². The van der Waals surface area contributed by atoms with E-state index in [1.54, 1.807) is 20.9 Å². The molecule has 1 aliphatic heterocycles. The topological polar surface area (TPSA) is 60.9 Å². The lowest BCUT2D eigenvalue weighted by Gasteiger charge is -2.33. The molecule has 1 fully saturated rings. The minimum absolute atomic E-state index is 0.0615. The molecule has 0 aromatic carbocycles. The molecule has 5 nitrogen and oxygen atoms in total. The lowest BCUT2D eigenvalue weighted by atomic mass is 10.00. The van der Waals surface area contributed by atoms with E-state index in [4.69, 9.17) is 5.11 Å². The van der Waals surface area contributed by atoms with E-state index in [0.717, 1.165) is 19.5 Å². The predicted octanol–water partition coefficient (Wildman–Crippen LogP) is 0.260. The fourth-order valence-corrected chi connectivity index (χ4v) is 1.83. The third-order valence-corrected chi connectivity index (χ3v) is 3.43. The first-order valence-electron chi connectivity index (χ1n) is 5.46. The Morgan fingerprint density at radius 3 is 2.38 bits per heavy atom. The molecule has 1 rings (SSSR count). The highest BCUT2D eigenvalue weighted by molar-refractivity contribution is 5.87. The van der Waals surface area contributed by atoms with Gasteiger partial charge in [0.1, 0.15) is 5.54 Å². The number of carboxylic acids is 1. The Hall–Kier alpha value is -1.10. The highest BCUT2D eigenvalue weighted by atomic mass is 16.4. The highest BCUT2D eigenvalue weighted by Gasteiger charge is 2.39. The number of nitrogens with zero attached hydrogens (tertiary/aromatic N) is 2. The molecular weight excluding hydrogens is 208 g/mol. The van der Waals surface area contributed by atoms with E-state index in [0.29, 0.717) is 0 Å². The molecule has 1 heterocycles. The Morgan fingerprint density at radius 1 is 1.44 bits per heavy atom. The van der Waals surface area contributed by atoms with Gasteiger partial charge in [0, 0.05) is 13.6 Å². The zero-order chi connectivity index (χ0) is 12.5. The van der Waals surface area contributed by atoms with E-state index in [9.17, 15) is 9.59 Å². The van der Waals surface area contributed by atoms with Crippen molar-refractivity contribution in [2.45, 2.75) is 25.8 Å². The van der Waals surface area contributed by atoms with Crippen molar-refractivity contribution < 1.29 is 14.7 Å². The molecule has 1 saturated heterocycles. The first-order chi connectivity index (χ1) is 7.26. The van der Waals surface area contributed by atoms with Gasteiger partial charge in [-0.1, -0.05) is 0 Å². The van der Waals surface area contributed by atoms with Gasteiger partial charge in [-0.25, -0.2) is 4.79 Å². The second-order valence-electron chi connectivity index (χ2n) is 5.01. The van der Waals surface area contributed by atoms with Gasteiger partial charge in [0.15, 0.2) is 0 Å². The van der Waals surface area contributed by atoms with Gasteiger partial charge in [0.05, 0.1) is 5.92 Å². The molecule has 1 N–H and O–H groups in total. The highest BCUT2D eigenvalue weighted by Crippen LogP contribution is 2.21. The van der Waals surface area contributed by atoms with Crippen molar-refractivity contribution in [2.75, 3.05) is 27.2 Å². The van der Waals surface area contributed by atoms with Crippen LogP contribution in [0.5, 0.6) is 0 Å². The smallest absolute Gasteiger partial charge is 0.329 e. The molecule has 92 valence electrons. The van der Waals surface area contributed by atoms with Crippen LogP contribution in [0.1, 0.15) is 20.3 Å². The van der Waals surface area contributed by atoms with Crippen LogP contribution in [0.2, 0.25) is 0 Å². The van der Waals surface area contributed by atoms with Crippen molar-refractivity contribution in [3.63, 3.8) is 0 Å². The summed E-state index contributed by atoms with van der Waals surface area (Å²) in [5.74, 6) is -1.11. The molecule has 0 radical (unpaired) electrons. The molecule has 5 heteroatoms. The standard InChI is InChI=1S/C11H20N2O3/c1-11(2,10(15)16)13(4)9(14)8-5-6-12(3)7-8/h8H,5-7H2,1-4H3,(H,15,16). The summed E-state index contributed by atoms with van der Waals surface area (Å²) >= 11 is 0. The molecule has 16 heavy (non-hydrogen) atoms. The normalized spacial score (nSPS) is 22.1. The van der Waals surface area contributed by atoms with Crippen molar-refractivity contribution in [3.05, 3.63) is 0 Å². The number of amides is 1. The summed E-state index contributed by atoms with van der Waals surface area (Å²) < 4.78 is 0. The number of carbonyl (C=O) groups excluding carboxylic acids is 1. The van der Waals surface area contributed by atoms with Crippen LogP contribution in [0.4, 0.5) is 0 Å². The summed E-state index contributed by atoms with van der Waals surface area (Å²) in [6.07, 6.45) is 0.815. The minimum atomic E-state index is -1.14. The largest absolute Gasteiger partial charge is 0.480 e. The van der Waals surface area contributed by atoms with Gasteiger partial charge < -0.3 is 14.9 Å². The Bertz CT molecular complexity index is 302. The SMILES string of the molecule is CN1CCC(C(=O)N(C)C(C)(C)C(=O)O)C1. The van der Waals surface area contributed by atoms with Gasteiger partial charge in [-0.2, -0.15) is 0 Å². The maximum absolute atomic E-state index is 12.1. The monoisotopic (exact) mass is 228 g/mol. The van der Waals surface area contributed by atoms with Crippen molar-refractivity contribution in [3.8, 4) is 0 Å². The van der Waals surface area contributed by atoms with Crippen LogP contribution in [0.3, 0.4) is 0 Å². The number of likely N-dealkylation sites (N-methyl/N-ethyl adjacent to an activating group) is 1. The molecule has 0 aromatic rings. The van der Waals surface area contributed by atoms with Crippen LogP contribution >= 0.6 is 0 Å². The number of aliphatic carboxylic acids is 1. The third-order valence-electron chi connectivity index (χ3n) is 3.43. The van der Waals surface area contributed by atoms with Crippen LogP contribution < -0.4 is 0 Å². The Morgan fingerprint density at radius 2 is 2.00 bits per heavy atom. The van der Waals surface area contributed by atoms with E-state index in [1.807, 2.05) is 7.05 Å². The fraction of sp³-hybridized carbons (Fsp3) is 0.818. The molecule has 0 aliphatic carbocycles. The lowest BCUT2D eigenvalue weighted by Crippen LogP contribution is -2.52. The van der Waals surface area contributed by atoms with Crippen molar-refractivity contribution in [1.82, 2.24) is 9.80 Å².